The Hall–Kier alpha value is -2.53. The van der Waals surface area contributed by atoms with Crippen molar-refractivity contribution < 1.29 is 9.53 Å². The van der Waals surface area contributed by atoms with Gasteiger partial charge in [-0.05, 0) is 31.0 Å². The van der Waals surface area contributed by atoms with Crippen molar-refractivity contribution in [2.45, 2.75) is 12.8 Å². The minimum Gasteiger partial charge on any atom is -0.464 e. The number of nitrogens with zero attached hydrogens (tertiary/aromatic N) is 3. The van der Waals surface area contributed by atoms with Crippen LogP contribution >= 0.6 is 11.6 Å². The highest BCUT2D eigenvalue weighted by atomic mass is 35.5. The van der Waals surface area contributed by atoms with E-state index in [0.717, 1.165) is 35.4 Å². The fourth-order valence-electron chi connectivity index (χ4n) is 2.32. The molecular weight excluding hydrogens is 314 g/mol. The summed E-state index contributed by atoms with van der Waals surface area (Å²) in [6.07, 6.45) is 8.74. The molecule has 0 N–H and O–H groups in total. The first-order valence-corrected chi connectivity index (χ1v) is 7.48. The van der Waals surface area contributed by atoms with Gasteiger partial charge in [0.25, 0.3) is 0 Å². The van der Waals surface area contributed by atoms with Crippen LogP contribution in [0.3, 0.4) is 0 Å². The summed E-state index contributed by atoms with van der Waals surface area (Å²) < 4.78 is 4.64. The molecule has 3 rings (SSSR count). The third-order valence-electron chi connectivity index (χ3n) is 3.47. The Morgan fingerprint density at radius 3 is 2.78 bits per heavy atom. The van der Waals surface area contributed by atoms with Crippen LogP contribution in [0.1, 0.15) is 34.5 Å². The Morgan fingerprint density at radius 1 is 1.22 bits per heavy atom. The predicted octanol–water partition coefficient (Wildman–Crippen LogP) is 3.54. The molecule has 116 valence electrons. The Labute approximate surface area is 138 Å². The van der Waals surface area contributed by atoms with Crippen LogP contribution in [0.4, 0.5) is 0 Å². The lowest BCUT2D eigenvalue weighted by Gasteiger charge is -2.13. The van der Waals surface area contributed by atoms with Crippen molar-refractivity contribution in [1.82, 2.24) is 9.97 Å². The summed E-state index contributed by atoms with van der Waals surface area (Å²) in [5, 5.41) is 0.588. The molecule has 0 atom stereocenters. The van der Waals surface area contributed by atoms with E-state index in [1.54, 1.807) is 24.7 Å². The quantitative estimate of drug-likeness (QED) is 0.809. The lowest BCUT2D eigenvalue weighted by molar-refractivity contribution is 0.0594. The van der Waals surface area contributed by atoms with E-state index >= 15 is 0 Å². The number of methoxy groups -OCH3 is 1. The van der Waals surface area contributed by atoms with Gasteiger partial charge < -0.3 is 4.74 Å². The molecular formula is C17H14ClN3O2. The molecule has 3 heterocycles. The van der Waals surface area contributed by atoms with Crippen LogP contribution < -0.4 is 0 Å². The number of esters is 1. The smallest absolute Gasteiger partial charge is 0.356 e. The molecule has 0 saturated carbocycles. The third-order valence-corrected chi connectivity index (χ3v) is 3.67. The van der Waals surface area contributed by atoms with Crippen LogP contribution in [0, 0.1) is 0 Å². The van der Waals surface area contributed by atoms with Crippen molar-refractivity contribution >= 4 is 29.0 Å². The van der Waals surface area contributed by atoms with Gasteiger partial charge in [-0.1, -0.05) is 17.7 Å². The minimum atomic E-state index is -0.455. The first-order chi connectivity index (χ1) is 11.2. The maximum atomic E-state index is 11.4. The molecule has 0 radical (unpaired) electrons. The summed E-state index contributed by atoms with van der Waals surface area (Å²) in [5.41, 5.74) is 3.81. The summed E-state index contributed by atoms with van der Waals surface area (Å²) in [6, 6.07) is 5.30. The number of aromatic nitrogens is 2. The summed E-state index contributed by atoms with van der Waals surface area (Å²) in [7, 11) is 1.33. The molecule has 0 spiro atoms. The van der Waals surface area contributed by atoms with Crippen LogP contribution in [0.5, 0.6) is 0 Å². The summed E-state index contributed by atoms with van der Waals surface area (Å²) >= 11 is 5.99. The van der Waals surface area contributed by atoms with Crippen molar-refractivity contribution in [2.75, 3.05) is 7.11 Å². The van der Waals surface area contributed by atoms with Crippen LogP contribution in [0.2, 0.25) is 5.02 Å². The largest absolute Gasteiger partial charge is 0.464 e. The number of hydrogen-bond acceptors (Lipinski definition) is 5. The Kier molecular flexibility index (Phi) is 4.48. The van der Waals surface area contributed by atoms with Gasteiger partial charge in [-0.25, -0.2) is 9.78 Å². The number of carbonyl (C=O) groups is 1. The van der Waals surface area contributed by atoms with Crippen LogP contribution in [0.15, 0.2) is 47.9 Å². The van der Waals surface area contributed by atoms with Crippen LogP contribution in [-0.2, 0) is 4.74 Å². The number of halogens is 1. The lowest BCUT2D eigenvalue weighted by atomic mass is 10.0. The van der Waals surface area contributed by atoms with Crippen LogP contribution in [0.25, 0.3) is 5.70 Å². The van der Waals surface area contributed by atoms with Gasteiger partial charge in [0.05, 0.1) is 23.5 Å². The van der Waals surface area contributed by atoms with Gasteiger partial charge in [0.15, 0.2) is 0 Å². The molecule has 23 heavy (non-hydrogen) atoms. The predicted molar refractivity (Wildman–Crippen MR) is 88.6 cm³/mol. The van der Waals surface area contributed by atoms with Crippen molar-refractivity contribution in [1.29, 1.82) is 0 Å². The number of hydrogen-bond donors (Lipinski definition) is 0. The van der Waals surface area contributed by atoms with Gasteiger partial charge in [-0.3, -0.25) is 9.98 Å². The second kappa shape index (κ2) is 6.71. The molecule has 5 nitrogen and oxygen atoms in total. The second-order valence-electron chi connectivity index (χ2n) is 5.00. The highest BCUT2D eigenvalue weighted by Gasteiger charge is 2.13. The first kappa shape index (κ1) is 15.4. The zero-order chi connectivity index (χ0) is 16.2. The van der Waals surface area contributed by atoms with E-state index in [9.17, 15) is 4.79 Å². The van der Waals surface area contributed by atoms with Crippen molar-refractivity contribution in [3.63, 3.8) is 0 Å². The van der Waals surface area contributed by atoms with Crippen LogP contribution in [-0.4, -0.2) is 28.8 Å². The topological polar surface area (TPSA) is 64.4 Å². The molecule has 0 aromatic carbocycles. The summed E-state index contributed by atoms with van der Waals surface area (Å²) in [6.45, 7) is 0. The molecule has 0 fully saturated rings. The monoisotopic (exact) mass is 327 g/mol. The van der Waals surface area contributed by atoms with E-state index in [1.165, 1.54) is 7.11 Å². The number of carbonyl (C=O) groups excluding carboxylic acids is 1. The number of aliphatic imine (C=N–C) groups is 1. The Bertz CT molecular complexity index is 798. The molecule has 1 aliphatic rings. The number of rotatable bonds is 3. The van der Waals surface area contributed by atoms with Gasteiger partial charge >= 0.3 is 5.97 Å². The van der Waals surface area contributed by atoms with Gasteiger partial charge in [0.1, 0.15) is 5.69 Å². The number of pyridine rings is 2. The van der Waals surface area contributed by atoms with E-state index in [4.69, 9.17) is 11.6 Å². The lowest BCUT2D eigenvalue weighted by Crippen LogP contribution is -2.07. The first-order valence-electron chi connectivity index (χ1n) is 7.11. The van der Waals surface area contributed by atoms with E-state index in [-0.39, 0.29) is 5.69 Å². The summed E-state index contributed by atoms with van der Waals surface area (Å²) in [4.78, 5) is 24.3. The molecule has 2 aromatic rings. The fourth-order valence-corrected chi connectivity index (χ4v) is 2.50. The zero-order valence-corrected chi connectivity index (χ0v) is 13.2. The zero-order valence-electron chi connectivity index (χ0n) is 12.5. The van der Waals surface area contributed by atoms with Crippen molar-refractivity contribution in [2.24, 2.45) is 4.99 Å². The van der Waals surface area contributed by atoms with Gasteiger partial charge in [0, 0.05) is 29.7 Å². The van der Waals surface area contributed by atoms with Gasteiger partial charge in [-0.2, -0.15) is 0 Å². The molecule has 0 unspecified atom stereocenters. The average molecular weight is 328 g/mol. The van der Waals surface area contributed by atoms with E-state index < -0.39 is 5.97 Å². The van der Waals surface area contributed by atoms with Gasteiger partial charge in [-0.15, -0.1) is 0 Å². The van der Waals surface area contributed by atoms with Crippen molar-refractivity contribution in [3.8, 4) is 0 Å². The molecule has 2 aromatic heterocycles. The molecule has 6 heteroatoms. The second-order valence-corrected chi connectivity index (χ2v) is 5.44. The standard InChI is InChI=1S/C17H14ClN3O2/c1-23-17(22)16-6-5-11(9-20-16)14-3-2-4-15(21-14)12-7-13(18)10-19-8-12/h3,5-10H,2,4H2,1H3. The molecule has 0 bridgehead atoms. The average Bonchev–Trinajstić information content (AvgIpc) is 2.61. The highest BCUT2D eigenvalue weighted by Crippen LogP contribution is 2.24. The van der Waals surface area contributed by atoms with Gasteiger partial charge in [0.2, 0.25) is 0 Å². The SMILES string of the molecule is COC(=O)c1ccc(C2=CCCC(c3cncc(Cl)c3)=N2)cn1. The molecule has 0 aliphatic carbocycles. The Balaban J connectivity index is 1.88. The summed E-state index contributed by atoms with van der Waals surface area (Å²) in [5.74, 6) is -0.455. The molecule has 0 saturated heterocycles. The maximum Gasteiger partial charge on any atom is 0.356 e. The normalized spacial score (nSPS) is 14.0. The fraction of sp³-hybridized carbons (Fsp3) is 0.176. The minimum absolute atomic E-state index is 0.274. The number of ether oxygens (including phenoxy) is 1. The molecule has 1 aliphatic heterocycles. The highest BCUT2D eigenvalue weighted by molar-refractivity contribution is 6.30. The van der Waals surface area contributed by atoms with E-state index in [2.05, 4.69) is 25.8 Å². The third kappa shape index (κ3) is 3.46. The van der Waals surface area contributed by atoms with E-state index in [0.29, 0.717) is 5.02 Å². The molecule has 0 amide bonds. The van der Waals surface area contributed by atoms with E-state index in [1.807, 2.05) is 12.1 Å². The van der Waals surface area contributed by atoms with Crippen molar-refractivity contribution in [3.05, 3.63) is 64.7 Å². The number of allylic oxidation sites excluding steroid dienone is 1. The maximum absolute atomic E-state index is 11.4. The Morgan fingerprint density at radius 2 is 2.09 bits per heavy atom.